The molecule has 7 heteroatoms. The van der Waals surface area contributed by atoms with Crippen LogP contribution < -0.4 is 10.1 Å². The quantitative estimate of drug-likeness (QED) is 0.841. The summed E-state index contributed by atoms with van der Waals surface area (Å²) in [5.74, 6) is 0.633. The highest BCUT2D eigenvalue weighted by Gasteiger charge is 2.15. The van der Waals surface area contributed by atoms with Gasteiger partial charge in [-0.2, -0.15) is 0 Å². The minimum absolute atomic E-state index is 0.0166. The fraction of sp³-hybridized carbons (Fsp3) is 0.529. The fourth-order valence-corrected chi connectivity index (χ4v) is 2.84. The standard InChI is InChI=1S/C17H23N5O2/c23-16(7-10-22-11-9-20-21-22)19-13-14-6-8-18-17(12-14)24-15-4-2-1-3-5-15/h6,8-9,11-12,15H,1-5,7,10,13H2,(H,19,23). The molecule has 1 aliphatic rings. The number of aromatic nitrogens is 4. The van der Waals surface area contributed by atoms with Gasteiger partial charge in [0.1, 0.15) is 6.10 Å². The molecular formula is C17H23N5O2. The van der Waals surface area contributed by atoms with E-state index in [1.54, 1.807) is 23.3 Å². The van der Waals surface area contributed by atoms with Gasteiger partial charge in [0.25, 0.3) is 0 Å². The van der Waals surface area contributed by atoms with Crippen molar-refractivity contribution in [3.63, 3.8) is 0 Å². The first kappa shape index (κ1) is 16.4. The van der Waals surface area contributed by atoms with Gasteiger partial charge in [0.05, 0.1) is 12.7 Å². The molecule has 2 aromatic heterocycles. The van der Waals surface area contributed by atoms with Crippen LogP contribution in [0.1, 0.15) is 44.1 Å². The van der Waals surface area contributed by atoms with E-state index in [4.69, 9.17) is 4.74 Å². The van der Waals surface area contributed by atoms with Crippen LogP contribution in [0.15, 0.2) is 30.7 Å². The van der Waals surface area contributed by atoms with E-state index in [1.165, 1.54) is 19.3 Å². The molecule has 1 aliphatic carbocycles. The molecule has 0 unspecified atom stereocenters. The molecular weight excluding hydrogens is 306 g/mol. The van der Waals surface area contributed by atoms with Crippen molar-refractivity contribution in [2.75, 3.05) is 0 Å². The Morgan fingerprint density at radius 1 is 1.29 bits per heavy atom. The van der Waals surface area contributed by atoms with Crippen LogP contribution in [0.3, 0.4) is 0 Å². The molecule has 0 radical (unpaired) electrons. The molecule has 1 fully saturated rings. The van der Waals surface area contributed by atoms with E-state index in [9.17, 15) is 4.79 Å². The lowest BCUT2D eigenvalue weighted by Crippen LogP contribution is -2.24. The molecule has 1 amide bonds. The van der Waals surface area contributed by atoms with Crippen molar-refractivity contribution >= 4 is 5.91 Å². The van der Waals surface area contributed by atoms with Crippen molar-refractivity contribution in [1.82, 2.24) is 25.3 Å². The Balaban J connectivity index is 1.44. The third kappa shape index (κ3) is 5.04. The maximum Gasteiger partial charge on any atom is 0.222 e. The number of amides is 1. The normalized spacial score (nSPS) is 15.2. The highest BCUT2D eigenvalue weighted by Crippen LogP contribution is 2.22. The van der Waals surface area contributed by atoms with E-state index in [0.29, 0.717) is 25.4 Å². The molecule has 24 heavy (non-hydrogen) atoms. The molecule has 7 nitrogen and oxygen atoms in total. The average Bonchev–Trinajstić information content (AvgIpc) is 3.13. The summed E-state index contributed by atoms with van der Waals surface area (Å²) < 4.78 is 7.60. The Hall–Kier alpha value is -2.44. The summed E-state index contributed by atoms with van der Waals surface area (Å²) in [6, 6.07) is 3.80. The van der Waals surface area contributed by atoms with Gasteiger partial charge in [-0.15, -0.1) is 5.10 Å². The fourth-order valence-electron chi connectivity index (χ4n) is 2.84. The topological polar surface area (TPSA) is 81.9 Å². The molecule has 3 rings (SSSR count). The smallest absolute Gasteiger partial charge is 0.222 e. The van der Waals surface area contributed by atoms with Gasteiger partial charge in [-0.1, -0.05) is 11.6 Å². The molecule has 128 valence electrons. The Kier molecular flexibility index (Phi) is 5.76. The molecule has 0 aliphatic heterocycles. The number of pyridine rings is 1. The number of hydrogen-bond acceptors (Lipinski definition) is 5. The summed E-state index contributed by atoms with van der Waals surface area (Å²) in [4.78, 5) is 16.2. The number of nitrogens with zero attached hydrogens (tertiary/aromatic N) is 4. The third-order valence-electron chi connectivity index (χ3n) is 4.17. The Morgan fingerprint density at radius 3 is 2.96 bits per heavy atom. The lowest BCUT2D eigenvalue weighted by atomic mass is 9.98. The zero-order valence-electron chi connectivity index (χ0n) is 13.7. The minimum Gasteiger partial charge on any atom is -0.474 e. The zero-order chi connectivity index (χ0) is 16.6. The van der Waals surface area contributed by atoms with Crippen molar-refractivity contribution in [2.24, 2.45) is 0 Å². The summed E-state index contributed by atoms with van der Waals surface area (Å²) >= 11 is 0. The van der Waals surface area contributed by atoms with E-state index >= 15 is 0 Å². The van der Waals surface area contributed by atoms with E-state index in [0.717, 1.165) is 18.4 Å². The highest BCUT2D eigenvalue weighted by molar-refractivity contribution is 5.75. The molecule has 0 spiro atoms. The number of nitrogens with one attached hydrogen (secondary N) is 1. The Labute approximate surface area is 141 Å². The Bertz CT molecular complexity index is 638. The molecule has 0 bridgehead atoms. The number of carbonyl (C=O) groups is 1. The van der Waals surface area contributed by atoms with Crippen molar-refractivity contribution in [3.8, 4) is 5.88 Å². The van der Waals surface area contributed by atoms with Crippen molar-refractivity contribution < 1.29 is 9.53 Å². The second-order valence-electron chi connectivity index (χ2n) is 6.07. The number of ether oxygens (including phenoxy) is 1. The lowest BCUT2D eigenvalue weighted by Gasteiger charge is -2.22. The van der Waals surface area contributed by atoms with Crippen LogP contribution in [0.5, 0.6) is 5.88 Å². The van der Waals surface area contributed by atoms with Gasteiger partial charge in [0.15, 0.2) is 0 Å². The summed E-state index contributed by atoms with van der Waals surface area (Å²) in [6.07, 6.45) is 11.7. The predicted molar refractivity (Wildman–Crippen MR) is 88.2 cm³/mol. The first-order chi connectivity index (χ1) is 11.8. The van der Waals surface area contributed by atoms with Crippen LogP contribution in [-0.2, 0) is 17.9 Å². The van der Waals surface area contributed by atoms with Gasteiger partial charge in [0.2, 0.25) is 11.8 Å². The first-order valence-corrected chi connectivity index (χ1v) is 8.52. The molecule has 1 N–H and O–H groups in total. The van der Waals surface area contributed by atoms with E-state index in [1.807, 2.05) is 12.1 Å². The second kappa shape index (κ2) is 8.42. The maximum atomic E-state index is 11.9. The summed E-state index contributed by atoms with van der Waals surface area (Å²) in [5, 5.41) is 10.5. The monoisotopic (exact) mass is 329 g/mol. The number of hydrogen-bond donors (Lipinski definition) is 1. The molecule has 2 heterocycles. The lowest BCUT2D eigenvalue weighted by molar-refractivity contribution is -0.121. The number of carbonyl (C=O) groups excluding carboxylic acids is 1. The highest BCUT2D eigenvalue weighted by atomic mass is 16.5. The average molecular weight is 329 g/mol. The number of aryl methyl sites for hydroxylation is 1. The predicted octanol–water partition coefficient (Wildman–Crippen LogP) is 2.09. The molecule has 0 atom stereocenters. The summed E-state index contributed by atoms with van der Waals surface area (Å²) in [7, 11) is 0. The zero-order valence-corrected chi connectivity index (χ0v) is 13.7. The maximum absolute atomic E-state index is 11.9. The minimum atomic E-state index is -0.0166. The van der Waals surface area contributed by atoms with Crippen molar-refractivity contribution in [3.05, 3.63) is 36.3 Å². The van der Waals surface area contributed by atoms with Gasteiger partial charge < -0.3 is 10.1 Å². The number of rotatable bonds is 7. The van der Waals surface area contributed by atoms with Crippen LogP contribution in [0.25, 0.3) is 0 Å². The van der Waals surface area contributed by atoms with Gasteiger partial charge in [-0.25, -0.2) is 4.98 Å². The summed E-state index contributed by atoms with van der Waals surface area (Å²) in [6.45, 7) is 0.998. The van der Waals surface area contributed by atoms with Crippen molar-refractivity contribution in [2.45, 2.75) is 57.7 Å². The summed E-state index contributed by atoms with van der Waals surface area (Å²) in [5.41, 5.74) is 0.991. The van der Waals surface area contributed by atoms with E-state index in [2.05, 4.69) is 20.6 Å². The van der Waals surface area contributed by atoms with Gasteiger partial charge in [0, 0.05) is 31.4 Å². The van der Waals surface area contributed by atoms with E-state index < -0.39 is 0 Å². The second-order valence-corrected chi connectivity index (χ2v) is 6.07. The molecule has 0 saturated heterocycles. The van der Waals surface area contributed by atoms with Gasteiger partial charge in [-0.05, 0) is 37.3 Å². The Morgan fingerprint density at radius 2 is 2.17 bits per heavy atom. The van der Waals surface area contributed by atoms with Crippen LogP contribution in [0, 0.1) is 0 Å². The van der Waals surface area contributed by atoms with Crippen LogP contribution in [0.2, 0.25) is 0 Å². The van der Waals surface area contributed by atoms with Crippen LogP contribution in [0.4, 0.5) is 0 Å². The largest absolute Gasteiger partial charge is 0.474 e. The van der Waals surface area contributed by atoms with Crippen LogP contribution in [-0.4, -0.2) is 32.0 Å². The first-order valence-electron chi connectivity index (χ1n) is 8.52. The van der Waals surface area contributed by atoms with Crippen molar-refractivity contribution in [1.29, 1.82) is 0 Å². The van der Waals surface area contributed by atoms with Crippen LogP contribution >= 0.6 is 0 Å². The van der Waals surface area contributed by atoms with Gasteiger partial charge in [-0.3, -0.25) is 9.48 Å². The molecule has 0 aromatic carbocycles. The SMILES string of the molecule is O=C(CCn1ccnn1)NCc1ccnc(OC2CCCCC2)c1. The van der Waals surface area contributed by atoms with E-state index in [-0.39, 0.29) is 12.0 Å². The van der Waals surface area contributed by atoms with Gasteiger partial charge >= 0.3 is 0 Å². The molecule has 2 aromatic rings. The molecule has 1 saturated carbocycles. The third-order valence-corrected chi connectivity index (χ3v) is 4.17.